The van der Waals surface area contributed by atoms with Gasteiger partial charge in [0.25, 0.3) is 0 Å². The number of hydrogen-bond donors (Lipinski definition) is 1. The number of carbonyl (C=O) groups is 2. The summed E-state index contributed by atoms with van der Waals surface area (Å²) in [5, 5.41) is 8.65. The second kappa shape index (κ2) is 7.11. The van der Waals surface area contributed by atoms with Gasteiger partial charge in [0.15, 0.2) is 0 Å². The van der Waals surface area contributed by atoms with Crippen LogP contribution in [-0.4, -0.2) is 78.1 Å². The van der Waals surface area contributed by atoms with Gasteiger partial charge < -0.3 is 19.8 Å². The van der Waals surface area contributed by atoms with Crippen LogP contribution in [0.4, 0.5) is 4.79 Å². The molecule has 0 radical (unpaired) electrons. The molecule has 0 aromatic carbocycles. The molecule has 2 unspecified atom stereocenters. The normalized spacial score (nSPS) is 26.3. The van der Waals surface area contributed by atoms with E-state index in [0.717, 1.165) is 19.5 Å². The maximum atomic E-state index is 12.4. The second-order valence-corrected chi connectivity index (χ2v) is 6.39. The molecule has 2 saturated heterocycles. The predicted octanol–water partition coefficient (Wildman–Crippen LogP) is 1.32. The van der Waals surface area contributed by atoms with E-state index in [4.69, 9.17) is 5.11 Å². The maximum Gasteiger partial charge on any atom is 0.319 e. The van der Waals surface area contributed by atoms with Crippen molar-refractivity contribution in [3.05, 3.63) is 0 Å². The summed E-state index contributed by atoms with van der Waals surface area (Å²) < 4.78 is 0. The number of carboxylic acids is 1. The van der Waals surface area contributed by atoms with Gasteiger partial charge in [-0.25, -0.2) is 4.79 Å². The molecule has 6 heteroatoms. The van der Waals surface area contributed by atoms with E-state index in [1.54, 1.807) is 11.9 Å². The summed E-state index contributed by atoms with van der Waals surface area (Å²) in [5.74, 6) is -0.212. The fourth-order valence-electron chi connectivity index (χ4n) is 3.63. The third-order valence-corrected chi connectivity index (χ3v) is 4.83. The number of carboxylic acid groups (broad SMARTS) is 1. The quantitative estimate of drug-likeness (QED) is 0.850. The van der Waals surface area contributed by atoms with E-state index in [-0.39, 0.29) is 12.5 Å². The second-order valence-electron chi connectivity index (χ2n) is 6.39. The number of piperidine rings is 2. The fourth-order valence-corrected chi connectivity index (χ4v) is 3.63. The summed E-state index contributed by atoms with van der Waals surface area (Å²) in [7, 11) is 3.95. The topological polar surface area (TPSA) is 64.1 Å². The van der Waals surface area contributed by atoms with Crippen LogP contribution in [0.5, 0.6) is 0 Å². The fraction of sp³-hybridized carbons (Fsp3) is 0.867. The molecule has 2 aliphatic rings. The Labute approximate surface area is 126 Å². The van der Waals surface area contributed by atoms with Crippen LogP contribution >= 0.6 is 0 Å². The van der Waals surface area contributed by atoms with Crippen LogP contribution in [0, 0.1) is 5.92 Å². The third-order valence-electron chi connectivity index (χ3n) is 4.83. The molecule has 1 N–H and O–H groups in total. The van der Waals surface area contributed by atoms with Crippen molar-refractivity contribution in [3.8, 4) is 0 Å². The Morgan fingerprint density at radius 3 is 2.76 bits per heavy atom. The van der Waals surface area contributed by atoms with Crippen LogP contribution in [0.15, 0.2) is 0 Å². The summed E-state index contributed by atoms with van der Waals surface area (Å²) >= 11 is 0. The van der Waals surface area contributed by atoms with Crippen LogP contribution in [0.3, 0.4) is 0 Å². The molecule has 6 nitrogen and oxygen atoms in total. The molecule has 2 fully saturated rings. The minimum absolute atomic E-state index is 0.0482. The number of nitrogens with zero attached hydrogens (tertiary/aromatic N) is 3. The Morgan fingerprint density at radius 2 is 2.05 bits per heavy atom. The maximum absolute atomic E-state index is 12.4. The van der Waals surface area contributed by atoms with E-state index >= 15 is 0 Å². The van der Waals surface area contributed by atoms with Gasteiger partial charge in [0.2, 0.25) is 0 Å². The molecule has 2 heterocycles. The number of fused-ring (bicyclic) bond motifs is 1. The molecular weight excluding hydrogens is 270 g/mol. The summed E-state index contributed by atoms with van der Waals surface area (Å²) in [6.07, 6.45) is 4.11. The van der Waals surface area contributed by atoms with Crippen molar-refractivity contribution in [1.82, 2.24) is 14.7 Å². The van der Waals surface area contributed by atoms with Gasteiger partial charge in [-0.2, -0.15) is 0 Å². The number of hydrogen-bond acceptors (Lipinski definition) is 3. The van der Waals surface area contributed by atoms with E-state index in [1.165, 1.54) is 19.4 Å². The molecule has 0 aliphatic carbocycles. The Balaban J connectivity index is 1.82. The first-order valence-electron chi connectivity index (χ1n) is 7.91. The summed E-state index contributed by atoms with van der Waals surface area (Å²) in [5.41, 5.74) is 0. The highest BCUT2D eigenvalue weighted by molar-refractivity contribution is 5.74. The number of likely N-dealkylation sites (tertiary alicyclic amines) is 2. The van der Waals surface area contributed by atoms with Gasteiger partial charge in [-0.05, 0) is 45.2 Å². The molecule has 2 rings (SSSR count). The van der Waals surface area contributed by atoms with Gasteiger partial charge >= 0.3 is 12.0 Å². The zero-order chi connectivity index (χ0) is 15.4. The minimum Gasteiger partial charge on any atom is -0.481 e. The van der Waals surface area contributed by atoms with Crippen molar-refractivity contribution < 1.29 is 14.7 Å². The van der Waals surface area contributed by atoms with Gasteiger partial charge in [-0.15, -0.1) is 0 Å². The van der Waals surface area contributed by atoms with Crippen molar-refractivity contribution in [3.63, 3.8) is 0 Å². The number of rotatable bonds is 4. The lowest BCUT2D eigenvalue weighted by Crippen LogP contribution is -2.55. The van der Waals surface area contributed by atoms with E-state index in [2.05, 4.69) is 11.9 Å². The molecule has 2 atom stereocenters. The first-order chi connectivity index (χ1) is 9.99. The summed E-state index contributed by atoms with van der Waals surface area (Å²) in [6, 6.07) is 0.673. The van der Waals surface area contributed by atoms with Crippen molar-refractivity contribution in [2.45, 2.75) is 38.1 Å². The molecule has 0 saturated carbocycles. The van der Waals surface area contributed by atoms with Gasteiger partial charge in [-0.1, -0.05) is 0 Å². The number of aliphatic carboxylic acids is 1. The third kappa shape index (κ3) is 4.09. The van der Waals surface area contributed by atoms with Gasteiger partial charge in [0.1, 0.15) is 0 Å². The Bertz CT molecular complexity index is 388. The minimum atomic E-state index is -0.804. The molecule has 0 aromatic heterocycles. The highest BCUT2D eigenvalue weighted by atomic mass is 16.4. The van der Waals surface area contributed by atoms with Crippen LogP contribution < -0.4 is 0 Å². The summed E-state index contributed by atoms with van der Waals surface area (Å²) in [4.78, 5) is 29.0. The Morgan fingerprint density at radius 1 is 1.29 bits per heavy atom. The lowest BCUT2D eigenvalue weighted by Gasteiger charge is -2.46. The smallest absolute Gasteiger partial charge is 0.319 e. The first-order valence-corrected chi connectivity index (χ1v) is 7.91. The number of amides is 2. The van der Waals surface area contributed by atoms with Crippen LogP contribution in [0.1, 0.15) is 32.1 Å². The van der Waals surface area contributed by atoms with E-state index in [0.29, 0.717) is 24.9 Å². The lowest BCUT2D eigenvalue weighted by atomic mass is 9.84. The zero-order valence-corrected chi connectivity index (χ0v) is 13.1. The standard InChI is InChI=1S/C15H27N3O3/c1-16-8-3-5-12-11-18(10-7-13(12)16)15(21)17(2)9-4-6-14(19)20/h12-13H,3-11H2,1-2H3,(H,19,20). The summed E-state index contributed by atoms with van der Waals surface area (Å²) in [6.45, 7) is 3.34. The first kappa shape index (κ1) is 16.1. The molecule has 2 aliphatic heterocycles. The van der Waals surface area contributed by atoms with Crippen molar-refractivity contribution in [1.29, 1.82) is 0 Å². The zero-order valence-electron chi connectivity index (χ0n) is 13.1. The van der Waals surface area contributed by atoms with Crippen LogP contribution in [-0.2, 0) is 4.79 Å². The monoisotopic (exact) mass is 297 g/mol. The van der Waals surface area contributed by atoms with Gasteiger partial charge in [-0.3, -0.25) is 4.79 Å². The van der Waals surface area contributed by atoms with Crippen LogP contribution in [0.25, 0.3) is 0 Å². The number of carbonyl (C=O) groups excluding carboxylic acids is 1. The average Bonchev–Trinajstić information content (AvgIpc) is 2.46. The lowest BCUT2D eigenvalue weighted by molar-refractivity contribution is -0.137. The van der Waals surface area contributed by atoms with E-state index < -0.39 is 5.97 Å². The highest BCUT2D eigenvalue weighted by Crippen LogP contribution is 2.29. The van der Waals surface area contributed by atoms with Gasteiger partial charge in [0, 0.05) is 39.1 Å². The molecule has 120 valence electrons. The highest BCUT2D eigenvalue weighted by Gasteiger charge is 2.36. The van der Waals surface area contributed by atoms with E-state index in [1.807, 2.05) is 4.90 Å². The SMILES string of the molecule is CN(CCCC(=O)O)C(=O)N1CCC2C(CCCN2C)C1. The molecule has 0 bridgehead atoms. The van der Waals surface area contributed by atoms with Crippen LogP contribution in [0.2, 0.25) is 0 Å². The molecule has 0 aromatic rings. The van der Waals surface area contributed by atoms with Crippen molar-refractivity contribution in [2.24, 2.45) is 5.92 Å². The largest absolute Gasteiger partial charge is 0.481 e. The van der Waals surface area contributed by atoms with Gasteiger partial charge in [0.05, 0.1) is 0 Å². The predicted molar refractivity (Wildman–Crippen MR) is 80.2 cm³/mol. The Hall–Kier alpha value is -1.30. The van der Waals surface area contributed by atoms with Crippen molar-refractivity contribution in [2.75, 3.05) is 40.3 Å². The molecule has 21 heavy (non-hydrogen) atoms. The average molecular weight is 297 g/mol. The number of urea groups is 1. The molecule has 0 spiro atoms. The van der Waals surface area contributed by atoms with Crippen molar-refractivity contribution >= 4 is 12.0 Å². The molecule has 2 amide bonds. The molecular formula is C15H27N3O3. The Kier molecular flexibility index (Phi) is 5.45. The van der Waals surface area contributed by atoms with E-state index in [9.17, 15) is 9.59 Å².